The van der Waals surface area contributed by atoms with Crippen molar-refractivity contribution in [2.24, 2.45) is 11.3 Å². The summed E-state index contributed by atoms with van der Waals surface area (Å²) in [4.78, 5) is 25.1. The van der Waals surface area contributed by atoms with Gasteiger partial charge in [-0.2, -0.15) is 0 Å². The Kier molecular flexibility index (Phi) is 14.7. The Morgan fingerprint density at radius 3 is 2.44 bits per heavy atom. The number of carbonyl (C=O) groups excluding carboxylic acids is 2. The molecule has 1 aliphatic heterocycles. The number of benzene rings is 1. The highest BCUT2D eigenvalue weighted by Gasteiger charge is 2.44. The van der Waals surface area contributed by atoms with Gasteiger partial charge in [0.1, 0.15) is 12.2 Å². The number of aromatic hydroxyl groups is 1. The second-order valence-corrected chi connectivity index (χ2v) is 11.2. The van der Waals surface area contributed by atoms with Crippen LogP contribution in [-0.4, -0.2) is 63.0 Å². The molecule has 0 amide bonds. The van der Waals surface area contributed by atoms with E-state index in [0.29, 0.717) is 24.5 Å². The van der Waals surface area contributed by atoms with Gasteiger partial charge >= 0.3 is 11.9 Å². The van der Waals surface area contributed by atoms with Gasteiger partial charge in [-0.05, 0) is 69.4 Å². The Labute approximate surface area is 235 Å². The summed E-state index contributed by atoms with van der Waals surface area (Å²) in [5.41, 5.74) is 0.658. The monoisotopic (exact) mass is 548 g/mol. The van der Waals surface area contributed by atoms with E-state index in [1.807, 2.05) is 12.1 Å². The zero-order valence-corrected chi connectivity index (χ0v) is 24.9. The highest BCUT2D eigenvalue weighted by molar-refractivity contribution is 5.72. The van der Waals surface area contributed by atoms with E-state index in [0.717, 1.165) is 57.2 Å². The number of piperidine rings is 1. The average Bonchev–Trinajstić information content (AvgIpc) is 2.90. The molecule has 1 heterocycles. The van der Waals surface area contributed by atoms with Crippen molar-refractivity contribution >= 4 is 11.9 Å². The van der Waals surface area contributed by atoms with Crippen LogP contribution in [0.1, 0.15) is 90.5 Å². The summed E-state index contributed by atoms with van der Waals surface area (Å²) in [5, 5.41) is 16.5. The van der Waals surface area contributed by atoms with Crippen LogP contribution in [0, 0.1) is 11.3 Å². The van der Waals surface area contributed by atoms with Crippen molar-refractivity contribution in [3.63, 3.8) is 0 Å². The second kappa shape index (κ2) is 17.4. The summed E-state index contributed by atoms with van der Waals surface area (Å²) in [7, 11) is 3.27. The van der Waals surface area contributed by atoms with Crippen molar-refractivity contribution in [3.8, 4) is 11.5 Å². The van der Waals surface area contributed by atoms with Crippen LogP contribution in [0.4, 0.5) is 0 Å². The molecule has 0 spiro atoms. The van der Waals surface area contributed by atoms with Crippen molar-refractivity contribution in [1.82, 2.24) is 10.6 Å². The molecule has 2 rings (SSSR count). The van der Waals surface area contributed by atoms with Crippen molar-refractivity contribution in [2.75, 3.05) is 33.8 Å². The van der Waals surface area contributed by atoms with Crippen LogP contribution in [0.25, 0.3) is 0 Å². The molecular formula is C31H52N2O6. The Balaban J connectivity index is 2.41. The summed E-state index contributed by atoms with van der Waals surface area (Å²) in [6.07, 6.45) is 9.63. The Bertz CT molecular complexity index is 871. The van der Waals surface area contributed by atoms with Gasteiger partial charge in [-0.3, -0.25) is 9.59 Å². The van der Waals surface area contributed by atoms with E-state index in [1.54, 1.807) is 20.2 Å². The van der Waals surface area contributed by atoms with Gasteiger partial charge in [0.15, 0.2) is 11.5 Å². The van der Waals surface area contributed by atoms with Crippen LogP contribution < -0.4 is 15.4 Å². The number of unbranched alkanes of at least 4 members (excludes halogenated alkanes) is 2. The molecule has 0 aliphatic carbocycles. The number of phenols is 1. The fraction of sp³-hybridized carbons (Fsp3) is 0.742. The van der Waals surface area contributed by atoms with E-state index in [4.69, 9.17) is 14.2 Å². The van der Waals surface area contributed by atoms with E-state index in [2.05, 4.69) is 24.5 Å². The standard InChI is InChI=1S/C31H52N2O6/c1-6-8-9-11-24(10-7-2)18-26(38-23(3)34)20-29(39-30(36)22-32-4)31(14-16-33-17-15-31)21-25-12-13-27(35)28(19-25)37-5/h12-13,19,24,26,29,32-33,35H,6-11,14-18,20-22H2,1-5H3/t24-,26+,29+/m0/s1. The maximum absolute atomic E-state index is 12.9. The number of hydrogen-bond donors (Lipinski definition) is 3. The van der Waals surface area contributed by atoms with Crippen LogP contribution in [-0.2, 0) is 25.5 Å². The first kappa shape index (κ1) is 32.9. The first-order chi connectivity index (χ1) is 18.8. The van der Waals surface area contributed by atoms with Crippen molar-refractivity contribution in [2.45, 2.75) is 104 Å². The largest absolute Gasteiger partial charge is 0.504 e. The molecule has 8 nitrogen and oxygen atoms in total. The minimum Gasteiger partial charge on any atom is -0.504 e. The molecule has 1 fully saturated rings. The quantitative estimate of drug-likeness (QED) is 0.171. The number of carbonyl (C=O) groups is 2. The fourth-order valence-corrected chi connectivity index (χ4v) is 6.05. The summed E-state index contributed by atoms with van der Waals surface area (Å²) >= 11 is 0. The average molecular weight is 549 g/mol. The molecule has 1 aromatic carbocycles. The smallest absolute Gasteiger partial charge is 0.320 e. The topological polar surface area (TPSA) is 106 Å². The normalized spacial score (nSPS) is 17.2. The summed E-state index contributed by atoms with van der Waals surface area (Å²) < 4.78 is 17.5. The highest BCUT2D eigenvalue weighted by atomic mass is 16.6. The van der Waals surface area contributed by atoms with E-state index >= 15 is 0 Å². The Hall–Kier alpha value is -2.32. The third-order valence-electron chi connectivity index (χ3n) is 8.00. The van der Waals surface area contributed by atoms with Crippen LogP contribution in [0.3, 0.4) is 0 Å². The molecule has 3 atom stereocenters. The second-order valence-electron chi connectivity index (χ2n) is 11.2. The predicted molar refractivity (Wildman–Crippen MR) is 154 cm³/mol. The zero-order valence-electron chi connectivity index (χ0n) is 24.9. The van der Waals surface area contributed by atoms with Crippen molar-refractivity contribution in [3.05, 3.63) is 23.8 Å². The maximum atomic E-state index is 12.9. The van der Waals surface area contributed by atoms with Gasteiger partial charge in [0.05, 0.1) is 13.7 Å². The number of ether oxygens (including phenoxy) is 3. The summed E-state index contributed by atoms with van der Waals surface area (Å²) in [6, 6.07) is 5.42. The van der Waals surface area contributed by atoms with Gasteiger partial charge in [-0.25, -0.2) is 0 Å². The molecule has 222 valence electrons. The van der Waals surface area contributed by atoms with Crippen molar-refractivity contribution < 1.29 is 28.9 Å². The molecule has 0 aromatic heterocycles. The fourth-order valence-electron chi connectivity index (χ4n) is 6.05. The molecule has 1 saturated heterocycles. The number of likely N-dealkylation sites (N-methyl/N-ethyl adjacent to an activating group) is 1. The molecule has 0 unspecified atom stereocenters. The lowest BCUT2D eigenvalue weighted by Crippen LogP contribution is -2.49. The molecule has 0 bridgehead atoms. The van der Waals surface area contributed by atoms with E-state index in [9.17, 15) is 14.7 Å². The lowest BCUT2D eigenvalue weighted by atomic mass is 9.68. The molecule has 0 saturated carbocycles. The number of phenolic OH excluding ortho intramolecular Hbond substituents is 1. The van der Waals surface area contributed by atoms with Crippen LogP contribution in [0.15, 0.2) is 18.2 Å². The van der Waals surface area contributed by atoms with Gasteiger partial charge in [-0.1, -0.05) is 58.4 Å². The predicted octanol–water partition coefficient (Wildman–Crippen LogP) is 5.15. The van der Waals surface area contributed by atoms with E-state index in [-0.39, 0.29) is 35.8 Å². The maximum Gasteiger partial charge on any atom is 0.320 e. The third-order valence-corrected chi connectivity index (χ3v) is 8.00. The molecule has 1 aromatic rings. The van der Waals surface area contributed by atoms with Crippen LogP contribution in [0.2, 0.25) is 0 Å². The highest BCUT2D eigenvalue weighted by Crippen LogP contribution is 2.42. The lowest BCUT2D eigenvalue weighted by molar-refractivity contribution is -0.164. The van der Waals surface area contributed by atoms with E-state index < -0.39 is 6.10 Å². The van der Waals surface area contributed by atoms with Gasteiger partial charge in [0.25, 0.3) is 0 Å². The molecule has 8 heteroatoms. The van der Waals surface area contributed by atoms with Crippen molar-refractivity contribution in [1.29, 1.82) is 0 Å². The first-order valence-corrected chi connectivity index (χ1v) is 14.8. The third kappa shape index (κ3) is 11.0. The number of esters is 2. The molecule has 3 N–H and O–H groups in total. The van der Waals surface area contributed by atoms with Gasteiger partial charge in [0, 0.05) is 18.8 Å². The van der Waals surface area contributed by atoms with Crippen LogP contribution >= 0.6 is 0 Å². The Morgan fingerprint density at radius 1 is 1.08 bits per heavy atom. The van der Waals surface area contributed by atoms with Gasteiger partial charge in [0.2, 0.25) is 0 Å². The molecule has 39 heavy (non-hydrogen) atoms. The molecule has 0 radical (unpaired) electrons. The SMILES string of the molecule is CCCCC[C@H](CCC)C[C@H](C[C@@H](OC(=O)CNC)C1(Cc2ccc(O)c(OC)c2)CCNCC1)OC(C)=O. The van der Waals surface area contributed by atoms with Crippen LogP contribution in [0.5, 0.6) is 11.5 Å². The number of nitrogens with one attached hydrogen (secondary N) is 2. The van der Waals surface area contributed by atoms with Gasteiger partial charge in [-0.15, -0.1) is 0 Å². The summed E-state index contributed by atoms with van der Waals surface area (Å²) in [6.45, 7) is 7.61. The Morgan fingerprint density at radius 2 is 1.82 bits per heavy atom. The molecular weight excluding hydrogens is 496 g/mol. The lowest BCUT2D eigenvalue weighted by Gasteiger charge is -2.44. The number of methoxy groups -OCH3 is 1. The number of hydrogen-bond acceptors (Lipinski definition) is 8. The minimum atomic E-state index is -0.428. The van der Waals surface area contributed by atoms with E-state index in [1.165, 1.54) is 26.2 Å². The minimum absolute atomic E-state index is 0.0950. The zero-order chi connectivity index (χ0) is 28.7. The molecule has 1 aliphatic rings. The summed E-state index contributed by atoms with van der Waals surface area (Å²) in [5.74, 6) is 0.375. The van der Waals surface area contributed by atoms with Gasteiger partial charge < -0.3 is 30.0 Å². The first-order valence-electron chi connectivity index (χ1n) is 14.8. The number of rotatable bonds is 18.